The fraction of sp³-hybridized carbons (Fsp3) is 0.375. The number of rotatable bonds is 10. The molecule has 0 spiro atoms. The molecule has 0 radical (unpaired) electrons. The molecule has 0 unspecified atom stereocenters. The third-order valence-electron chi connectivity index (χ3n) is 5.38. The van der Waals surface area contributed by atoms with Gasteiger partial charge in [0, 0.05) is 11.1 Å². The number of aryl methyl sites for hydroxylation is 1. The van der Waals surface area contributed by atoms with Crippen molar-refractivity contribution in [1.29, 1.82) is 0 Å². The molecular weight excluding hydrogens is 506 g/mol. The molecule has 0 saturated heterocycles. The highest BCUT2D eigenvalue weighted by Gasteiger charge is 2.35. The van der Waals surface area contributed by atoms with Crippen molar-refractivity contribution < 1.29 is 35.5 Å². The molecular formula is C24H25F4NO4S2. The second-order valence-electron chi connectivity index (χ2n) is 7.93. The van der Waals surface area contributed by atoms with Gasteiger partial charge in [-0.3, -0.25) is 9.10 Å². The van der Waals surface area contributed by atoms with Gasteiger partial charge in [0.1, 0.15) is 10.8 Å². The van der Waals surface area contributed by atoms with Crippen molar-refractivity contribution in [3.63, 3.8) is 0 Å². The van der Waals surface area contributed by atoms with E-state index in [-0.39, 0.29) is 37.2 Å². The van der Waals surface area contributed by atoms with E-state index < -0.39 is 40.1 Å². The molecule has 0 aliphatic rings. The Morgan fingerprint density at radius 2 is 1.83 bits per heavy atom. The standard InChI is InChI=1S/C24H25F4NO4S2/c1-3-33-22(30)10-6-7-13-35(31,32)29(23-16(2)18-8-4-5-9-21(18)34-23)15-17-11-12-20(25)19(14-17)24(26,27)28/h4-5,8-9,11-12,14H,3,6-7,10,13,15H2,1-2H3. The summed E-state index contributed by atoms with van der Waals surface area (Å²) in [6.07, 6.45) is -4.40. The summed E-state index contributed by atoms with van der Waals surface area (Å²) >= 11 is 1.22. The van der Waals surface area contributed by atoms with E-state index in [0.29, 0.717) is 22.7 Å². The predicted molar refractivity (Wildman–Crippen MR) is 128 cm³/mol. The van der Waals surface area contributed by atoms with E-state index in [1.54, 1.807) is 13.8 Å². The highest BCUT2D eigenvalue weighted by atomic mass is 32.2. The molecule has 3 rings (SSSR count). The number of fused-ring (bicyclic) bond motifs is 1. The van der Waals surface area contributed by atoms with Crippen LogP contribution in [0.3, 0.4) is 0 Å². The van der Waals surface area contributed by atoms with Crippen LogP contribution in [0.2, 0.25) is 0 Å². The molecule has 0 fully saturated rings. The minimum Gasteiger partial charge on any atom is -0.466 e. The Balaban J connectivity index is 1.95. The Bertz CT molecular complexity index is 1300. The average Bonchev–Trinajstić information content (AvgIpc) is 3.11. The lowest BCUT2D eigenvalue weighted by Crippen LogP contribution is -2.32. The maximum atomic E-state index is 13.8. The van der Waals surface area contributed by atoms with Gasteiger partial charge in [0.25, 0.3) is 0 Å². The van der Waals surface area contributed by atoms with Crippen LogP contribution in [0.25, 0.3) is 10.1 Å². The zero-order valence-corrected chi connectivity index (χ0v) is 20.8. The average molecular weight is 532 g/mol. The van der Waals surface area contributed by atoms with Gasteiger partial charge in [-0.2, -0.15) is 13.2 Å². The predicted octanol–water partition coefficient (Wildman–Crippen LogP) is 6.44. The van der Waals surface area contributed by atoms with E-state index in [2.05, 4.69) is 0 Å². The summed E-state index contributed by atoms with van der Waals surface area (Å²) in [5, 5.41) is 1.22. The van der Waals surface area contributed by atoms with E-state index >= 15 is 0 Å². The fourth-order valence-electron chi connectivity index (χ4n) is 3.65. The molecule has 190 valence electrons. The van der Waals surface area contributed by atoms with Crippen LogP contribution in [0, 0.1) is 12.7 Å². The second kappa shape index (κ2) is 10.9. The number of halogens is 4. The first-order valence-electron chi connectivity index (χ1n) is 10.9. The molecule has 2 aromatic carbocycles. The Kier molecular flexibility index (Phi) is 8.42. The fourth-order valence-corrected chi connectivity index (χ4v) is 6.74. The summed E-state index contributed by atoms with van der Waals surface area (Å²) in [5.41, 5.74) is -0.764. The SMILES string of the molecule is CCOC(=O)CCCCS(=O)(=O)N(Cc1ccc(F)c(C(F)(F)F)c1)c1sc2ccccc2c1C. The molecule has 0 amide bonds. The Morgan fingerprint density at radius 1 is 1.11 bits per heavy atom. The summed E-state index contributed by atoms with van der Waals surface area (Å²) in [6, 6.07) is 9.79. The second-order valence-corrected chi connectivity index (χ2v) is 11.0. The Hall–Kier alpha value is -2.66. The van der Waals surface area contributed by atoms with Crippen molar-refractivity contribution in [1.82, 2.24) is 0 Å². The van der Waals surface area contributed by atoms with Crippen molar-refractivity contribution in [2.75, 3.05) is 16.7 Å². The van der Waals surface area contributed by atoms with Crippen LogP contribution in [-0.2, 0) is 32.3 Å². The number of nitrogens with zero attached hydrogens (tertiary/aromatic N) is 1. The molecule has 0 atom stereocenters. The van der Waals surface area contributed by atoms with Crippen molar-refractivity contribution >= 4 is 42.4 Å². The number of unbranched alkanes of at least 4 members (excludes halogenated alkanes) is 1. The first-order valence-corrected chi connectivity index (χ1v) is 13.4. The minimum absolute atomic E-state index is 0.00526. The summed E-state index contributed by atoms with van der Waals surface area (Å²) in [6.45, 7) is 3.27. The summed E-state index contributed by atoms with van der Waals surface area (Å²) < 4.78 is 87.1. The highest BCUT2D eigenvalue weighted by molar-refractivity contribution is 7.93. The number of carbonyl (C=O) groups is 1. The number of hydrogen-bond donors (Lipinski definition) is 0. The molecule has 1 heterocycles. The van der Waals surface area contributed by atoms with Crippen LogP contribution < -0.4 is 4.31 Å². The first kappa shape index (κ1) is 26.9. The number of benzene rings is 2. The molecule has 35 heavy (non-hydrogen) atoms. The van der Waals surface area contributed by atoms with Crippen molar-refractivity contribution in [2.24, 2.45) is 0 Å². The lowest BCUT2D eigenvalue weighted by molar-refractivity contribution is -0.143. The van der Waals surface area contributed by atoms with Crippen LogP contribution >= 0.6 is 11.3 Å². The molecule has 0 aliphatic heterocycles. The van der Waals surface area contributed by atoms with Gasteiger partial charge in [0.15, 0.2) is 0 Å². The smallest absolute Gasteiger partial charge is 0.419 e. The van der Waals surface area contributed by atoms with Gasteiger partial charge in [-0.15, -0.1) is 11.3 Å². The van der Waals surface area contributed by atoms with E-state index in [4.69, 9.17) is 4.74 Å². The highest BCUT2D eigenvalue weighted by Crippen LogP contribution is 2.40. The van der Waals surface area contributed by atoms with Gasteiger partial charge < -0.3 is 4.74 Å². The molecule has 5 nitrogen and oxygen atoms in total. The number of esters is 1. The van der Waals surface area contributed by atoms with Crippen LogP contribution in [0.15, 0.2) is 42.5 Å². The van der Waals surface area contributed by atoms with E-state index in [0.717, 1.165) is 20.5 Å². The van der Waals surface area contributed by atoms with Crippen molar-refractivity contribution in [3.05, 3.63) is 65.0 Å². The van der Waals surface area contributed by atoms with E-state index in [1.165, 1.54) is 11.3 Å². The van der Waals surface area contributed by atoms with Gasteiger partial charge in [-0.05, 0) is 61.4 Å². The molecule has 0 aliphatic carbocycles. The minimum atomic E-state index is -4.91. The lowest BCUT2D eigenvalue weighted by Gasteiger charge is -2.24. The van der Waals surface area contributed by atoms with Crippen molar-refractivity contribution in [2.45, 2.75) is 45.8 Å². The first-order chi connectivity index (χ1) is 16.4. The lowest BCUT2D eigenvalue weighted by atomic mass is 10.1. The van der Waals surface area contributed by atoms with E-state index in [9.17, 15) is 30.8 Å². The number of thiophene rings is 1. The zero-order valence-electron chi connectivity index (χ0n) is 19.2. The van der Waals surface area contributed by atoms with Crippen molar-refractivity contribution in [3.8, 4) is 0 Å². The molecule has 3 aromatic rings. The summed E-state index contributed by atoms with van der Waals surface area (Å²) in [4.78, 5) is 11.5. The number of sulfonamides is 1. The van der Waals surface area contributed by atoms with Gasteiger partial charge >= 0.3 is 12.1 Å². The van der Waals surface area contributed by atoms with Gasteiger partial charge in [-0.1, -0.05) is 24.3 Å². The van der Waals surface area contributed by atoms with Crippen LogP contribution in [0.4, 0.5) is 22.6 Å². The zero-order chi connectivity index (χ0) is 25.8. The molecule has 1 aromatic heterocycles. The normalized spacial score (nSPS) is 12.2. The van der Waals surface area contributed by atoms with Gasteiger partial charge in [0.2, 0.25) is 10.0 Å². The number of anilines is 1. The summed E-state index contributed by atoms with van der Waals surface area (Å²) in [7, 11) is -4.00. The topological polar surface area (TPSA) is 63.7 Å². The number of hydrogen-bond acceptors (Lipinski definition) is 5. The quantitative estimate of drug-likeness (QED) is 0.172. The monoisotopic (exact) mass is 531 g/mol. The van der Waals surface area contributed by atoms with E-state index in [1.807, 2.05) is 24.3 Å². The maximum Gasteiger partial charge on any atom is 0.419 e. The number of ether oxygens (including phenoxy) is 1. The third kappa shape index (κ3) is 6.52. The number of carbonyl (C=O) groups excluding carboxylic acids is 1. The maximum absolute atomic E-state index is 13.8. The largest absolute Gasteiger partial charge is 0.466 e. The Labute approximate surface area is 205 Å². The molecule has 11 heteroatoms. The van der Waals surface area contributed by atoms with Crippen LogP contribution in [0.1, 0.15) is 42.9 Å². The third-order valence-corrected chi connectivity index (χ3v) is 8.58. The molecule has 0 bridgehead atoms. The van der Waals surface area contributed by atoms with Gasteiger partial charge in [0.05, 0.1) is 24.5 Å². The Morgan fingerprint density at radius 3 is 2.49 bits per heavy atom. The number of alkyl halides is 3. The van der Waals surface area contributed by atoms with Crippen LogP contribution in [-0.4, -0.2) is 26.7 Å². The van der Waals surface area contributed by atoms with Crippen LogP contribution in [0.5, 0.6) is 0 Å². The molecule has 0 saturated carbocycles. The molecule has 0 N–H and O–H groups in total. The van der Waals surface area contributed by atoms with Gasteiger partial charge in [-0.25, -0.2) is 12.8 Å². The summed E-state index contributed by atoms with van der Waals surface area (Å²) in [5.74, 6) is -2.16.